The molecule has 0 saturated heterocycles. The first kappa shape index (κ1) is 17.3. The summed E-state index contributed by atoms with van der Waals surface area (Å²) in [6.45, 7) is 5.50. The number of rotatable bonds is 6. The van der Waals surface area contributed by atoms with E-state index in [4.69, 9.17) is 9.84 Å². The molecule has 1 aromatic carbocycles. The third-order valence-corrected chi connectivity index (χ3v) is 3.31. The van der Waals surface area contributed by atoms with E-state index in [0.717, 1.165) is 17.2 Å². The van der Waals surface area contributed by atoms with Gasteiger partial charge in [0.2, 0.25) is 0 Å². The predicted octanol–water partition coefficient (Wildman–Crippen LogP) is 3.36. The lowest BCUT2D eigenvalue weighted by Crippen LogP contribution is -2.24. The molecule has 0 aliphatic rings. The SMILES string of the molecule is CC(C)(C)OC(=O)CSCc1ccccc1/C=C/C(=O)O. The van der Waals surface area contributed by atoms with E-state index in [-0.39, 0.29) is 11.7 Å². The minimum atomic E-state index is -0.980. The van der Waals surface area contributed by atoms with Gasteiger partial charge < -0.3 is 9.84 Å². The molecule has 0 spiro atoms. The highest BCUT2D eigenvalue weighted by atomic mass is 32.2. The molecule has 5 heteroatoms. The molecule has 0 aromatic heterocycles. The number of esters is 1. The molecule has 0 radical (unpaired) electrons. The largest absolute Gasteiger partial charge is 0.478 e. The van der Waals surface area contributed by atoms with E-state index in [2.05, 4.69) is 0 Å². The zero-order chi connectivity index (χ0) is 15.9. The highest BCUT2D eigenvalue weighted by Gasteiger charge is 2.16. The van der Waals surface area contributed by atoms with Gasteiger partial charge in [-0.2, -0.15) is 0 Å². The van der Waals surface area contributed by atoms with Gasteiger partial charge in [0.05, 0.1) is 5.75 Å². The predicted molar refractivity (Wildman–Crippen MR) is 85.1 cm³/mol. The lowest BCUT2D eigenvalue weighted by Gasteiger charge is -2.19. The standard InChI is InChI=1S/C16H20O4S/c1-16(2,3)20-15(19)11-21-10-13-7-5-4-6-12(13)8-9-14(17)18/h4-9H,10-11H2,1-3H3,(H,17,18)/b9-8+. The van der Waals surface area contributed by atoms with Crippen LogP contribution in [0.2, 0.25) is 0 Å². The molecule has 0 fully saturated rings. The molecule has 0 atom stereocenters. The van der Waals surface area contributed by atoms with E-state index >= 15 is 0 Å². The average Bonchev–Trinajstić information content (AvgIpc) is 2.35. The molecule has 0 heterocycles. The van der Waals surface area contributed by atoms with E-state index in [9.17, 15) is 9.59 Å². The Labute approximate surface area is 129 Å². The minimum Gasteiger partial charge on any atom is -0.478 e. The monoisotopic (exact) mass is 308 g/mol. The number of aliphatic carboxylic acids is 1. The lowest BCUT2D eigenvalue weighted by atomic mass is 10.1. The van der Waals surface area contributed by atoms with E-state index in [1.807, 2.05) is 45.0 Å². The van der Waals surface area contributed by atoms with Gasteiger partial charge in [-0.15, -0.1) is 11.8 Å². The molecule has 0 aliphatic heterocycles. The maximum Gasteiger partial charge on any atom is 0.328 e. The molecule has 0 aliphatic carbocycles. The van der Waals surface area contributed by atoms with Crippen LogP contribution in [0.15, 0.2) is 30.3 Å². The van der Waals surface area contributed by atoms with Gasteiger partial charge in [-0.3, -0.25) is 4.79 Å². The summed E-state index contributed by atoms with van der Waals surface area (Å²) in [5.74, 6) is -0.328. The fraction of sp³-hybridized carbons (Fsp3) is 0.375. The van der Waals surface area contributed by atoms with Crippen LogP contribution in [0.4, 0.5) is 0 Å². The Morgan fingerprint density at radius 3 is 2.57 bits per heavy atom. The number of hydrogen-bond acceptors (Lipinski definition) is 4. The molecule has 1 rings (SSSR count). The van der Waals surface area contributed by atoms with Crippen molar-refractivity contribution in [3.63, 3.8) is 0 Å². The molecule has 114 valence electrons. The van der Waals surface area contributed by atoms with Crippen LogP contribution in [0.3, 0.4) is 0 Å². The third kappa shape index (κ3) is 7.56. The Morgan fingerprint density at radius 2 is 1.95 bits per heavy atom. The summed E-state index contributed by atoms with van der Waals surface area (Å²) in [6, 6.07) is 7.51. The van der Waals surface area contributed by atoms with Crippen LogP contribution in [-0.4, -0.2) is 28.4 Å². The maximum atomic E-state index is 11.6. The maximum absolute atomic E-state index is 11.6. The van der Waals surface area contributed by atoms with Gasteiger partial charge >= 0.3 is 11.9 Å². The topological polar surface area (TPSA) is 63.6 Å². The molecule has 1 aromatic rings. The van der Waals surface area contributed by atoms with Crippen molar-refractivity contribution in [1.82, 2.24) is 0 Å². The summed E-state index contributed by atoms with van der Waals surface area (Å²) in [5.41, 5.74) is 1.36. The molecule has 0 saturated carbocycles. The summed E-state index contributed by atoms with van der Waals surface area (Å²) in [4.78, 5) is 22.2. The van der Waals surface area contributed by atoms with Gasteiger partial charge in [-0.05, 0) is 38.0 Å². The lowest BCUT2D eigenvalue weighted by molar-refractivity contribution is -0.151. The van der Waals surface area contributed by atoms with E-state index in [0.29, 0.717) is 5.75 Å². The van der Waals surface area contributed by atoms with E-state index in [1.54, 1.807) is 6.08 Å². The van der Waals surface area contributed by atoms with Crippen molar-refractivity contribution in [2.75, 3.05) is 5.75 Å². The van der Waals surface area contributed by atoms with Gasteiger partial charge in [0.25, 0.3) is 0 Å². The van der Waals surface area contributed by atoms with Gasteiger partial charge in [-0.25, -0.2) is 4.79 Å². The van der Waals surface area contributed by atoms with Crippen LogP contribution in [-0.2, 0) is 20.1 Å². The summed E-state index contributed by atoms with van der Waals surface area (Å²) in [5, 5.41) is 8.67. The Kier molecular flexibility index (Phi) is 6.49. The molecule has 21 heavy (non-hydrogen) atoms. The number of carboxylic acid groups (broad SMARTS) is 1. The van der Waals surface area contributed by atoms with Crippen molar-refractivity contribution in [1.29, 1.82) is 0 Å². The van der Waals surface area contributed by atoms with E-state index < -0.39 is 11.6 Å². The Hall–Kier alpha value is -1.75. The van der Waals surface area contributed by atoms with Crippen LogP contribution in [0, 0.1) is 0 Å². The molecular weight excluding hydrogens is 288 g/mol. The van der Waals surface area contributed by atoms with Gasteiger partial charge in [-0.1, -0.05) is 24.3 Å². The zero-order valence-electron chi connectivity index (χ0n) is 12.5. The first-order valence-corrected chi connectivity index (χ1v) is 7.72. The second-order valence-corrected chi connectivity index (χ2v) is 6.44. The number of thioether (sulfide) groups is 1. The fourth-order valence-electron chi connectivity index (χ4n) is 1.60. The van der Waals surface area contributed by atoms with Crippen molar-refractivity contribution in [3.8, 4) is 0 Å². The summed E-state index contributed by atoms with van der Waals surface area (Å²) in [6.07, 6.45) is 2.67. The summed E-state index contributed by atoms with van der Waals surface area (Å²) in [7, 11) is 0. The van der Waals surface area contributed by atoms with Crippen LogP contribution >= 0.6 is 11.8 Å². The van der Waals surface area contributed by atoms with Gasteiger partial charge in [0, 0.05) is 11.8 Å². The highest BCUT2D eigenvalue weighted by Crippen LogP contribution is 2.19. The highest BCUT2D eigenvalue weighted by molar-refractivity contribution is 7.99. The smallest absolute Gasteiger partial charge is 0.328 e. The summed E-state index contributed by atoms with van der Waals surface area (Å²) < 4.78 is 5.23. The Balaban J connectivity index is 2.56. The van der Waals surface area contributed by atoms with Crippen LogP contribution in [0.1, 0.15) is 31.9 Å². The van der Waals surface area contributed by atoms with Crippen LogP contribution < -0.4 is 0 Å². The Morgan fingerprint density at radius 1 is 1.29 bits per heavy atom. The molecule has 4 nitrogen and oxygen atoms in total. The van der Waals surface area contributed by atoms with Crippen molar-refractivity contribution in [2.45, 2.75) is 32.1 Å². The molecule has 0 amide bonds. The molecular formula is C16H20O4S. The second kappa shape index (κ2) is 7.88. The molecule has 1 N–H and O–H groups in total. The first-order chi connectivity index (χ1) is 9.78. The Bertz CT molecular complexity index is 529. The number of benzene rings is 1. The van der Waals surface area contributed by atoms with Crippen molar-refractivity contribution in [3.05, 3.63) is 41.5 Å². The second-order valence-electron chi connectivity index (χ2n) is 5.45. The number of ether oxygens (including phenoxy) is 1. The normalized spacial score (nSPS) is 11.6. The third-order valence-electron chi connectivity index (χ3n) is 2.36. The van der Waals surface area contributed by atoms with Crippen molar-refractivity contribution < 1.29 is 19.4 Å². The number of carboxylic acids is 1. The van der Waals surface area contributed by atoms with Crippen molar-refractivity contribution >= 4 is 29.8 Å². The van der Waals surface area contributed by atoms with E-state index in [1.165, 1.54) is 11.8 Å². The minimum absolute atomic E-state index is 0.244. The van der Waals surface area contributed by atoms with Crippen LogP contribution in [0.5, 0.6) is 0 Å². The number of carbonyl (C=O) groups excluding carboxylic acids is 1. The van der Waals surface area contributed by atoms with Crippen molar-refractivity contribution in [2.24, 2.45) is 0 Å². The number of hydrogen-bond donors (Lipinski definition) is 1. The average molecular weight is 308 g/mol. The first-order valence-electron chi connectivity index (χ1n) is 6.56. The van der Waals surface area contributed by atoms with Gasteiger partial charge in [0.1, 0.15) is 5.60 Å². The zero-order valence-corrected chi connectivity index (χ0v) is 13.3. The molecule has 0 unspecified atom stereocenters. The van der Waals surface area contributed by atoms with Crippen LogP contribution in [0.25, 0.3) is 6.08 Å². The molecule has 0 bridgehead atoms. The fourth-order valence-corrected chi connectivity index (χ4v) is 2.42. The quantitative estimate of drug-likeness (QED) is 0.645. The summed E-state index contributed by atoms with van der Waals surface area (Å²) >= 11 is 1.45. The number of carbonyl (C=O) groups is 2. The van der Waals surface area contributed by atoms with Gasteiger partial charge in [0.15, 0.2) is 0 Å².